The summed E-state index contributed by atoms with van der Waals surface area (Å²) in [4.78, 5) is 40.5. The molecule has 0 fully saturated rings. The molecule has 0 saturated carbocycles. The molecule has 0 aliphatic heterocycles. The summed E-state index contributed by atoms with van der Waals surface area (Å²) >= 11 is 0. The van der Waals surface area contributed by atoms with Gasteiger partial charge in [-0.2, -0.15) is 0 Å². The Hall–Kier alpha value is -4.53. The molecule has 0 unspecified atom stereocenters. The van der Waals surface area contributed by atoms with Crippen molar-refractivity contribution in [2.45, 2.75) is 27.7 Å². The maximum absolute atomic E-state index is 12.8. The molecular weight excluding hydrogens is 484 g/mol. The van der Waals surface area contributed by atoms with Crippen LogP contribution in [0.5, 0.6) is 5.75 Å². The van der Waals surface area contributed by atoms with E-state index in [0.29, 0.717) is 45.8 Å². The molecule has 38 heavy (non-hydrogen) atoms. The third kappa shape index (κ3) is 4.74. The van der Waals surface area contributed by atoms with E-state index in [4.69, 9.17) is 4.74 Å². The zero-order chi connectivity index (χ0) is 27.7. The monoisotopic (exact) mass is 513 g/mol. The first kappa shape index (κ1) is 26.5. The first-order valence-corrected chi connectivity index (χ1v) is 12.2. The zero-order valence-electron chi connectivity index (χ0n) is 22.2. The van der Waals surface area contributed by atoms with E-state index in [1.165, 1.54) is 32.4 Å². The number of ether oxygens (including phenoxy) is 1. The summed E-state index contributed by atoms with van der Waals surface area (Å²) in [7, 11) is 3.34. The highest BCUT2D eigenvalue weighted by molar-refractivity contribution is 6.13. The van der Waals surface area contributed by atoms with Crippen molar-refractivity contribution in [3.05, 3.63) is 75.6 Å². The number of benzene rings is 2. The molecule has 0 aliphatic carbocycles. The van der Waals surface area contributed by atoms with Crippen molar-refractivity contribution in [1.29, 1.82) is 0 Å². The van der Waals surface area contributed by atoms with Crippen molar-refractivity contribution in [3.63, 3.8) is 0 Å². The van der Waals surface area contributed by atoms with Crippen LogP contribution in [-0.2, 0) is 7.05 Å². The third-order valence-electron chi connectivity index (χ3n) is 6.48. The van der Waals surface area contributed by atoms with E-state index in [0.717, 1.165) is 22.4 Å². The van der Waals surface area contributed by atoms with Crippen LogP contribution in [0.15, 0.2) is 42.6 Å². The average Bonchev–Trinajstić information content (AvgIpc) is 3.18. The fourth-order valence-corrected chi connectivity index (χ4v) is 4.64. The number of hydrogen-bond acceptors (Lipinski definition) is 6. The van der Waals surface area contributed by atoms with Gasteiger partial charge in [0.2, 0.25) is 0 Å². The predicted molar refractivity (Wildman–Crippen MR) is 146 cm³/mol. The molecule has 195 valence electrons. The number of aryl methyl sites for hydroxylation is 2. The highest BCUT2D eigenvalue weighted by Gasteiger charge is 2.25. The number of carbonyl (C=O) groups excluding carboxylic acids is 2. The van der Waals surface area contributed by atoms with Crippen molar-refractivity contribution in [1.82, 2.24) is 14.9 Å². The fraction of sp³-hybridized carbons (Fsp3) is 0.276. The van der Waals surface area contributed by atoms with Crippen LogP contribution in [0.2, 0.25) is 0 Å². The Morgan fingerprint density at radius 3 is 2.53 bits per heavy atom. The van der Waals surface area contributed by atoms with Crippen LogP contribution < -0.4 is 10.1 Å². The lowest BCUT2D eigenvalue weighted by Gasteiger charge is -2.14. The number of ketones is 1. The van der Waals surface area contributed by atoms with Crippen LogP contribution >= 0.6 is 0 Å². The molecule has 0 saturated heterocycles. The molecule has 1 amide bonds. The molecule has 0 bridgehead atoms. The number of aromatic nitrogens is 2. The maximum atomic E-state index is 12.8. The van der Waals surface area contributed by atoms with Gasteiger partial charge in [-0.1, -0.05) is 19.9 Å². The molecular formula is C29H29N4O5. The van der Waals surface area contributed by atoms with E-state index in [2.05, 4.69) is 16.5 Å². The minimum atomic E-state index is -0.432. The number of rotatable bonds is 8. The molecule has 4 rings (SSSR count). The molecule has 0 atom stereocenters. The summed E-state index contributed by atoms with van der Waals surface area (Å²) in [5.74, 6) is 0.303. The molecule has 9 heteroatoms. The molecule has 9 nitrogen and oxygen atoms in total. The Morgan fingerprint density at radius 1 is 1.18 bits per heavy atom. The molecule has 2 aromatic carbocycles. The van der Waals surface area contributed by atoms with E-state index >= 15 is 0 Å². The largest absolute Gasteiger partial charge is 0.496 e. The number of nitro groups is 1. The van der Waals surface area contributed by atoms with E-state index in [1.807, 2.05) is 31.5 Å². The Balaban J connectivity index is 2.01. The van der Waals surface area contributed by atoms with E-state index in [9.17, 15) is 19.7 Å². The van der Waals surface area contributed by atoms with Crippen LogP contribution in [0.25, 0.3) is 33.3 Å². The summed E-state index contributed by atoms with van der Waals surface area (Å²) in [5.41, 5.74) is 5.10. The highest BCUT2D eigenvalue weighted by atomic mass is 16.6. The first-order chi connectivity index (χ1) is 18.0. The van der Waals surface area contributed by atoms with E-state index < -0.39 is 4.92 Å². The minimum absolute atomic E-state index is 0.0114. The number of methoxy groups -OCH3 is 1. The van der Waals surface area contributed by atoms with Crippen LogP contribution in [-0.4, -0.2) is 39.8 Å². The van der Waals surface area contributed by atoms with Gasteiger partial charge in [0.15, 0.2) is 5.78 Å². The lowest BCUT2D eigenvalue weighted by atomic mass is 9.95. The number of nitrogens with zero attached hydrogens (tertiary/aromatic N) is 3. The van der Waals surface area contributed by atoms with Crippen molar-refractivity contribution < 1.29 is 19.2 Å². The van der Waals surface area contributed by atoms with Gasteiger partial charge in [-0.3, -0.25) is 24.7 Å². The molecule has 2 aromatic heterocycles. The zero-order valence-corrected chi connectivity index (χ0v) is 22.2. The number of hydrogen-bond donors (Lipinski definition) is 1. The second-order valence-corrected chi connectivity index (χ2v) is 9.62. The normalized spacial score (nSPS) is 11.1. The first-order valence-electron chi connectivity index (χ1n) is 12.2. The van der Waals surface area contributed by atoms with Gasteiger partial charge in [-0.25, -0.2) is 0 Å². The molecule has 1 radical (unpaired) electrons. The van der Waals surface area contributed by atoms with Crippen molar-refractivity contribution in [2.24, 2.45) is 13.0 Å². The van der Waals surface area contributed by atoms with Crippen LogP contribution in [0.4, 0.5) is 5.69 Å². The molecule has 4 aromatic rings. The Morgan fingerprint density at radius 2 is 1.92 bits per heavy atom. The lowest BCUT2D eigenvalue weighted by molar-refractivity contribution is -0.384. The third-order valence-corrected chi connectivity index (χ3v) is 6.48. The molecule has 1 N–H and O–H groups in total. The predicted octanol–water partition coefficient (Wildman–Crippen LogP) is 5.52. The van der Waals surface area contributed by atoms with Gasteiger partial charge < -0.3 is 14.6 Å². The fourth-order valence-electron chi connectivity index (χ4n) is 4.64. The van der Waals surface area contributed by atoms with E-state index in [-0.39, 0.29) is 17.4 Å². The van der Waals surface area contributed by atoms with Crippen molar-refractivity contribution in [3.8, 4) is 28.1 Å². The molecule has 2 heterocycles. The van der Waals surface area contributed by atoms with Crippen LogP contribution in [0.1, 0.15) is 47.1 Å². The number of fused-ring (bicyclic) bond motifs is 1. The SMILES string of the molecule is COc1cc(-c2c(-c3ccc([N+](=O)[O-])cc3C)n(C)c3c(C(C)=O)cn[c]c23)ccc1C(=O)NCC(C)C. The topological polar surface area (TPSA) is 116 Å². The number of nitrogens with one attached hydrogen (secondary N) is 1. The Bertz CT molecular complexity index is 1590. The van der Waals surface area contributed by atoms with Crippen molar-refractivity contribution in [2.75, 3.05) is 13.7 Å². The van der Waals surface area contributed by atoms with Gasteiger partial charge in [-0.15, -0.1) is 0 Å². The Kier molecular flexibility index (Phi) is 7.30. The second kappa shape index (κ2) is 10.5. The Labute approximate surface area is 220 Å². The van der Waals surface area contributed by atoms with Gasteiger partial charge in [0.25, 0.3) is 11.6 Å². The molecule has 0 aliphatic rings. The number of carbonyl (C=O) groups is 2. The second-order valence-electron chi connectivity index (χ2n) is 9.62. The van der Waals surface area contributed by atoms with E-state index in [1.54, 1.807) is 25.1 Å². The maximum Gasteiger partial charge on any atom is 0.269 e. The van der Waals surface area contributed by atoms with Gasteiger partial charge in [0.1, 0.15) is 5.75 Å². The quantitative estimate of drug-likeness (QED) is 0.188. The van der Waals surface area contributed by atoms with Gasteiger partial charge in [0, 0.05) is 48.4 Å². The lowest BCUT2D eigenvalue weighted by Crippen LogP contribution is -2.27. The summed E-state index contributed by atoms with van der Waals surface area (Å²) in [6.07, 6.45) is 4.54. The molecule has 0 spiro atoms. The number of pyridine rings is 1. The highest BCUT2D eigenvalue weighted by Crippen LogP contribution is 2.43. The number of amides is 1. The average molecular weight is 514 g/mol. The smallest absolute Gasteiger partial charge is 0.269 e. The van der Waals surface area contributed by atoms with Crippen LogP contribution in [0.3, 0.4) is 0 Å². The number of non-ortho nitro benzene ring substituents is 1. The summed E-state index contributed by atoms with van der Waals surface area (Å²) < 4.78 is 7.50. The standard InChI is InChI=1S/C29H29N4O5/c1-16(2)13-31-29(35)22-9-7-19(12-25(22)38-6)26-24-15-30-14-23(18(4)34)27(24)32(5)28(26)21-10-8-20(33(36)37)11-17(21)3/h7-12,14,16H,13H2,1-6H3,(H,31,35). The minimum Gasteiger partial charge on any atom is -0.496 e. The summed E-state index contributed by atoms with van der Waals surface area (Å²) in [5, 5.41) is 14.9. The van der Waals surface area contributed by atoms with Crippen LogP contribution in [0, 0.1) is 29.2 Å². The van der Waals surface area contributed by atoms with Gasteiger partial charge in [-0.05, 0) is 49.1 Å². The van der Waals surface area contributed by atoms with Gasteiger partial charge >= 0.3 is 0 Å². The van der Waals surface area contributed by atoms with Crippen molar-refractivity contribution >= 4 is 28.3 Å². The summed E-state index contributed by atoms with van der Waals surface area (Å²) in [6, 6.07) is 9.99. The number of Topliss-reactive ketones (excluding diaryl/α,β-unsaturated/α-hetero) is 1. The number of nitro benzene ring substituents is 1. The summed E-state index contributed by atoms with van der Waals surface area (Å²) in [6.45, 7) is 7.85. The van der Waals surface area contributed by atoms with Gasteiger partial charge in [0.05, 0.1) is 40.6 Å².